The van der Waals surface area contributed by atoms with Crippen LogP contribution in [-0.2, 0) is 0 Å². The molecule has 0 saturated carbocycles. The minimum absolute atomic E-state index is 0.153. The molecule has 98 valence electrons. The summed E-state index contributed by atoms with van der Waals surface area (Å²) in [5.41, 5.74) is 3.19. The molecule has 3 heteroatoms. The Hall–Kier alpha value is -0.960. The minimum Gasteiger partial charge on any atom is -0.388 e. The smallest absolute Gasteiger partial charge is 0.0867 e. The van der Waals surface area contributed by atoms with Gasteiger partial charge < -0.3 is 5.11 Å². The Kier molecular flexibility index (Phi) is 3.57. The van der Waals surface area contributed by atoms with Gasteiger partial charge in [0.05, 0.1) is 6.10 Å². The third kappa shape index (κ3) is 2.40. The summed E-state index contributed by atoms with van der Waals surface area (Å²) in [5, 5.41) is 11.3. The topological polar surface area (TPSA) is 20.2 Å². The van der Waals surface area contributed by atoms with Crippen molar-refractivity contribution in [2.45, 2.75) is 23.8 Å². The van der Waals surface area contributed by atoms with E-state index in [2.05, 4.69) is 12.1 Å². The highest BCUT2D eigenvalue weighted by molar-refractivity contribution is 7.99. The van der Waals surface area contributed by atoms with Crippen LogP contribution in [0.2, 0.25) is 5.02 Å². The predicted octanol–water partition coefficient (Wildman–Crippen LogP) is 4.57. The zero-order valence-corrected chi connectivity index (χ0v) is 12.2. The summed E-state index contributed by atoms with van der Waals surface area (Å²) in [4.78, 5) is 1.28. The van der Waals surface area contributed by atoms with E-state index < -0.39 is 6.10 Å². The number of thioether (sulfide) groups is 1. The number of rotatable bonds is 2. The number of aliphatic hydroxyl groups is 1. The van der Waals surface area contributed by atoms with E-state index >= 15 is 0 Å². The van der Waals surface area contributed by atoms with Gasteiger partial charge in [-0.15, -0.1) is 11.8 Å². The number of fused-ring (bicyclic) bond motifs is 1. The van der Waals surface area contributed by atoms with Crippen LogP contribution in [0.5, 0.6) is 0 Å². The molecule has 0 amide bonds. The standard InChI is InChI=1S/C16H15ClOS/c1-10-6-7-11(8-14(10)17)16(18)13-9-19-15-5-3-2-4-12(13)15/h2-8,13,16,18H,9H2,1H3. The predicted molar refractivity (Wildman–Crippen MR) is 81.1 cm³/mol. The van der Waals surface area contributed by atoms with E-state index in [4.69, 9.17) is 11.6 Å². The van der Waals surface area contributed by atoms with Gasteiger partial charge in [-0.1, -0.05) is 41.9 Å². The molecule has 0 radical (unpaired) electrons. The Morgan fingerprint density at radius 1 is 1.26 bits per heavy atom. The normalized spacial score (nSPS) is 19.2. The highest BCUT2D eigenvalue weighted by Crippen LogP contribution is 2.45. The first-order chi connectivity index (χ1) is 9.16. The number of halogens is 1. The lowest BCUT2D eigenvalue weighted by molar-refractivity contribution is 0.154. The summed E-state index contributed by atoms with van der Waals surface area (Å²) in [6.45, 7) is 1.97. The summed E-state index contributed by atoms with van der Waals surface area (Å²) < 4.78 is 0. The van der Waals surface area contributed by atoms with Gasteiger partial charge in [0.25, 0.3) is 0 Å². The van der Waals surface area contributed by atoms with Gasteiger partial charge in [-0.25, -0.2) is 0 Å². The van der Waals surface area contributed by atoms with Crippen LogP contribution in [0.4, 0.5) is 0 Å². The van der Waals surface area contributed by atoms with Crippen LogP contribution in [0.1, 0.15) is 28.7 Å². The van der Waals surface area contributed by atoms with Gasteiger partial charge in [-0.2, -0.15) is 0 Å². The van der Waals surface area contributed by atoms with Crippen molar-refractivity contribution >= 4 is 23.4 Å². The number of aryl methyl sites for hydroxylation is 1. The van der Waals surface area contributed by atoms with Crippen molar-refractivity contribution in [2.24, 2.45) is 0 Å². The zero-order valence-electron chi connectivity index (χ0n) is 10.6. The fourth-order valence-electron chi connectivity index (χ4n) is 2.47. The highest BCUT2D eigenvalue weighted by atomic mass is 35.5. The van der Waals surface area contributed by atoms with Gasteiger partial charge in [0, 0.05) is 21.6 Å². The van der Waals surface area contributed by atoms with Gasteiger partial charge in [0.1, 0.15) is 0 Å². The molecule has 1 nitrogen and oxygen atoms in total. The fraction of sp³-hybridized carbons (Fsp3) is 0.250. The molecule has 2 atom stereocenters. The summed E-state index contributed by atoms with van der Waals surface area (Å²) in [5.74, 6) is 1.08. The molecule has 1 aliphatic heterocycles. The lowest BCUT2D eigenvalue weighted by Gasteiger charge is -2.19. The van der Waals surface area contributed by atoms with Crippen LogP contribution in [0.15, 0.2) is 47.4 Å². The molecule has 0 spiro atoms. The van der Waals surface area contributed by atoms with E-state index in [-0.39, 0.29) is 5.92 Å². The van der Waals surface area contributed by atoms with E-state index in [1.165, 1.54) is 10.5 Å². The van der Waals surface area contributed by atoms with Gasteiger partial charge in [-0.05, 0) is 35.7 Å². The third-order valence-electron chi connectivity index (χ3n) is 3.66. The highest BCUT2D eigenvalue weighted by Gasteiger charge is 2.30. The molecule has 0 aromatic heterocycles. The lowest BCUT2D eigenvalue weighted by atomic mass is 9.90. The van der Waals surface area contributed by atoms with Crippen molar-refractivity contribution in [3.63, 3.8) is 0 Å². The van der Waals surface area contributed by atoms with E-state index in [0.717, 1.165) is 21.9 Å². The zero-order chi connectivity index (χ0) is 13.4. The van der Waals surface area contributed by atoms with E-state index in [1.54, 1.807) is 0 Å². The van der Waals surface area contributed by atoms with Crippen molar-refractivity contribution in [1.29, 1.82) is 0 Å². The molecule has 3 rings (SSSR count). The van der Waals surface area contributed by atoms with Crippen molar-refractivity contribution < 1.29 is 5.11 Å². The average Bonchev–Trinajstić information content (AvgIpc) is 2.85. The average molecular weight is 291 g/mol. The van der Waals surface area contributed by atoms with Gasteiger partial charge in [0.2, 0.25) is 0 Å². The largest absolute Gasteiger partial charge is 0.388 e. The summed E-state index contributed by atoms with van der Waals surface area (Å²) >= 11 is 7.96. The van der Waals surface area contributed by atoms with Crippen LogP contribution in [0, 0.1) is 6.92 Å². The quantitative estimate of drug-likeness (QED) is 0.874. The summed E-state index contributed by atoms with van der Waals surface area (Å²) in [6, 6.07) is 14.1. The van der Waals surface area contributed by atoms with Gasteiger partial charge >= 0.3 is 0 Å². The number of benzene rings is 2. The lowest BCUT2D eigenvalue weighted by Crippen LogP contribution is -2.10. The Balaban J connectivity index is 1.93. The van der Waals surface area contributed by atoms with Crippen LogP contribution in [0.3, 0.4) is 0 Å². The molecule has 2 aromatic rings. The molecule has 1 aliphatic rings. The molecule has 0 saturated heterocycles. The van der Waals surface area contributed by atoms with Crippen molar-refractivity contribution in [2.75, 3.05) is 5.75 Å². The number of aliphatic hydroxyl groups excluding tert-OH is 1. The molecule has 0 aliphatic carbocycles. The van der Waals surface area contributed by atoms with Gasteiger partial charge in [0.15, 0.2) is 0 Å². The van der Waals surface area contributed by atoms with Crippen LogP contribution in [0.25, 0.3) is 0 Å². The monoisotopic (exact) mass is 290 g/mol. The first-order valence-corrected chi connectivity index (χ1v) is 7.69. The Bertz CT molecular complexity index is 611. The number of hydrogen-bond acceptors (Lipinski definition) is 2. The Morgan fingerprint density at radius 3 is 2.84 bits per heavy atom. The van der Waals surface area contributed by atoms with Crippen LogP contribution >= 0.6 is 23.4 Å². The maximum atomic E-state index is 10.6. The molecule has 1 N–H and O–H groups in total. The molecule has 0 fully saturated rings. The molecule has 0 bridgehead atoms. The first-order valence-electron chi connectivity index (χ1n) is 6.32. The van der Waals surface area contributed by atoms with Crippen LogP contribution < -0.4 is 0 Å². The van der Waals surface area contributed by atoms with E-state index in [1.807, 2.05) is 49.0 Å². The summed E-state index contributed by atoms with van der Waals surface area (Å²) in [6.07, 6.45) is -0.491. The first kappa shape index (κ1) is 13.0. The Labute approximate surface area is 122 Å². The molecular weight excluding hydrogens is 276 g/mol. The van der Waals surface area contributed by atoms with E-state index in [9.17, 15) is 5.11 Å². The third-order valence-corrected chi connectivity index (χ3v) is 5.27. The number of hydrogen-bond donors (Lipinski definition) is 1. The minimum atomic E-state index is -0.491. The molecule has 2 unspecified atom stereocenters. The molecule has 2 aromatic carbocycles. The SMILES string of the molecule is Cc1ccc(C(O)C2CSc3ccccc32)cc1Cl. The second-order valence-corrected chi connectivity index (χ2v) is 6.38. The van der Waals surface area contributed by atoms with Crippen molar-refractivity contribution in [3.05, 3.63) is 64.2 Å². The molecule has 19 heavy (non-hydrogen) atoms. The van der Waals surface area contributed by atoms with Crippen molar-refractivity contribution in [1.82, 2.24) is 0 Å². The maximum Gasteiger partial charge on any atom is 0.0867 e. The maximum absolute atomic E-state index is 10.6. The summed E-state index contributed by atoms with van der Waals surface area (Å²) in [7, 11) is 0. The van der Waals surface area contributed by atoms with Gasteiger partial charge in [-0.3, -0.25) is 0 Å². The van der Waals surface area contributed by atoms with E-state index in [0.29, 0.717) is 0 Å². The fourth-order valence-corrected chi connectivity index (χ4v) is 3.95. The van der Waals surface area contributed by atoms with Crippen LogP contribution in [-0.4, -0.2) is 10.9 Å². The second kappa shape index (κ2) is 5.20. The Morgan fingerprint density at radius 2 is 2.05 bits per heavy atom. The second-order valence-electron chi connectivity index (χ2n) is 4.91. The molecule has 1 heterocycles. The van der Waals surface area contributed by atoms with Crippen molar-refractivity contribution in [3.8, 4) is 0 Å². The molecular formula is C16H15ClOS.